The van der Waals surface area contributed by atoms with E-state index >= 15 is 0 Å². The molecule has 0 bridgehead atoms. The maximum atomic E-state index is 12.0. The molecule has 0 radical (unpaired) electrons. The third kappa shape index (κ3) is 3.96. The third-order valence-corrected chi connectivity index (χ3v) is 4.93. The Morgan fingerprint density at radius 1 is 1.19 bits per heavy atom. The number of carbonyl (C=O) groups excluding carboxylic acids is 1. The number of benzene rings is 1. The van der Waals surface area contributed by atoms with Crippen molar-refractivity contribution in [3.8, 4) is 0 Å². The Bertz CT molecular complexity index is 736. The highest BCUT2D eigenvalue weighted by molar-refractivity contribution is 7.92. The lowest BCUT2D eigenvalue weighted by atomic mass is 10.3. The lowest BCUT2D eigenvalue weighted by molar-refractivity contribution is 0.103. The average molecular weight is 325 g/mol. The van der Waals surface area contributed by atoms with Crippen molar-refractivity contribution in [1.29, 1.82) is 0 Å². The first-order valence-electron chi connectivity index (χ1n) is 6.16. The van der Waals surface area contributed by atoms with Gasteiger partial charge < -0.3 is 11.1 Å². The Kier molecular flexibility index (Phi) is 4.49. The molecule has 1 amide bonds. The highest BCUT2D eigenvalue weighted by Crippen LogP contribution is 2.21. The summed E-state index contributed by atoms with van der Waals surface area (Å²) >= 11 is 1.26. The number of thiophene rings is 1. The van der Waals surface area contributed by atoms with E-state index in [1.807, 2.05) is 0 Å². The van der Waals surface area contributed by atoms with Crippen molar-refractivity contribution in [2.24, 2.45) is 0 Å². The first-order chi connectivity index (χ1) is 9.91. The first kappa shape index (κ1) is 15.3. The van der Waals surface area contributed by atoms with Crippen LogP contribution in [0.4, 0.5) is 17.1 Å². The predicted molar refractivity (Wildman–Crippen MR) is 86.2 cm³/mol. The van der Waals surface area contributed by atoms with Crippen LogP contribution in [0.3, 0.4) is 0 Å². The molecule has 0 saturated heterocycles. The third-order valence-electron chi connectivity index (χ3n) is 2.70. The Labute approximate surface area is 127 Å². The van der Waals surface area contributed by atoms with Crippen LogP contribution in [0.2, 0.25) is 0 Å². The molecule has 1 aromatic carbocycles. The fraction of sp³-hybridized carbons (Fsp3) is 0.154. The summed E-state index contributed by atoms with van der Waals surface area (Å²) in [5.74, 6) is -0.284. The van der Waals surface area contributed by atoms with Crippen molar-refractivity contribution < 1.29 is 13.2 Å². The standard InChI is InChI=1S/C13H15N3O3S2/c1-2-21(18,19)16-10-5-3-9(4-6-10)15-13(17)12-11(14)7-8-20-12/h3-8,16H,2,14H2,1H3,(H,15,17). The Morgan fingerprint density at radius 2 is 1.81 bits per heavy atom. The van der Waals surface area contributed by atoms with Gasteiger partial charge in [0.1, 0.15) is 4.88 Å². The summed E-state index contributed by atoms with van der Waals surface area (Å²) in [6.07, 6.45) is 0. The van der Waals surface area contributed by atoms with Gasteiger partial charge >= 0.3 is 0 Å². The van der Waals surface area contributed by atoms with E-state index in [9.17, 15) is 13.2 Å². The van der Waals surface area contributed by atoms with E-state index in [1.165, 1.54) is 11.3 Å². The van der Waals surface area contributed by atoms with Gasteiger partial charge in [0.05, 0.1) is 11.4 Å². The zero-order chi connectivity index (χ0) is 15.5. The smallest absolute Gasteiger partial charge is 0.267 e. The van der Waals surface area contributed by atoms with Gasteiger partial charge in [0, 0.05) is 11.4 Å². The SMILES string of the molecule is CCS(=O)(=O)Nc1ccc(NC(=O)c2sccc2N)cc1. The van der Waals surface area contributed by atoms with Crippen LogP contribution in [0.5, 0.6) is 0 Å². The normalized spacial score (nSPS) is 11.1. The molecule has 21 heavy (non-hydrogen) atoms. The van der Waals surface area contributed by atoms with Gasteiger partial charge in [0.15, 0.2) is 0 Å². The maximum Gasteiger partial charge on any atom is 0.267 e. The van der Waals surface area contributed by atoms with Gasteiger partial charge in [-0.3, -0.25) is 9.52 Å². The second-order valence-electron chi connectivity index (χ2n) is 4.24. The highest BCUT2D eigenvalue weighted by Gasteiger charge is 2.11. The minimum Gasteiger partial charge on any atom is -0.397 e. The van der Waals surface area contributed by atoms with Crippen molar-refractivity contribution >= 4 is 44.3 Å². The number of hydrogen-bond acceptors (Lipinski definition) is 5. The molecule has 1 heterocycles. The summed E-state index contributed by atoms with van der Waals surface area (Å²) in [6.45, 7) is 1.56. The molecular weight excluding hydrogens is 310 g/mol. The van der Waals surface area contributed by atoms with E-state index in [2.05, 4.69) is 10.0 Å². The fourth-order valence-electron chi connectivity index (χ4n) is 1.56. The molecule has 0 saturated carbocycles. The van der Waals surface area contributed by atoms with Gasteiger partial charge in [0.2, 0.25) is 10.0 Å². The minimum atomic E-state index is -3.30. The Morgan fingerprint density at radius 3 is 2.33 bits per heavy atom. The zero-order valence-electron chi connectivity index (χ0n) is 11.3. The van der Waals surface area contributed by atoms with Gasteiger partial charge in [-0.2, -0.15) is 0 Å². The van der Waals surface area contributed by atoms with Gasteiger partial charge in [-0.15, -0.1) is 11.3 Å². The second-order valence-corrected chi connectivity index (χ2v) is 7.17. The van der Waals surface area contributed by atoms with Crippen LogP contribution in [-0.2, 0) is 10.0 Å². The first-order valence-corrected chi connectivity index (χ1v) is 8.69. The van der Waals surface area contributed by atoms with Crippen LogP contribution in [0.15, 0.2) is 35.7 Å². The van der Waals surface area contributed by atoms with Crippen LogP contribution in [0.25, 0.3) is 0 Å². The van der Waals surface area contributed by atoms with Crippen LogP contribution >= 0.6 is 11.3 Å². The molecule has 0 aliphatic heterocycles. The summed E-state index contributed by atoms with van der Waals surface area (Å²) < 4.78 is 25.3. The summed E-state index contributed by atoms with van der Waals surface area (Å²) in [5, 5.41) is 4.45. The molecule has 1 aromatic heterocycles. The number of nitrogen functional groups attached to an aromatic ring is 1. The molecule has 0 aliphatic rings. The topological polar surface area (TPSA) is 101 Å². The van der Waals surface area contributed by atoms with Gasteiger partial charge in [-0.1, -0.05) is 0 Å². The van der Waals surface area contributed by atoms with E-state index < -0.39 is 10.0 Å². The lowest BCUT2D eigenvalue weighted by Crippen LogP contribution is -2.15. The van der Waals surface area contributed by atoms with E-state index in [1.54, 1.807) is 42.6 Å². The Hall–Kier alpha value is -2.06. The summed E-state index contributed by atoms with van der Waals surface area (Å²) in [5.41, 5.74) is 7.12. The molecule has 4 N–H and O–H groups in total. The summed E-state index contributed by atoms with van der Waals surface area (Å²) in [6, 6.07) is 8.08. The number of carbonyl (C=O) groups is 1. The second kappa shape index (κ2) is 6.15. The van der Waals surface area contributed by atoms with E-state index in [0.29, 0.717) is 21.9 Å². The number of hydrogen-bond donors (Lipinski definition) is 3. The molecule has 8 heteroatoms. The monoisotopic (exact) mass is 325 g/mol. The summed E-state index contributed by atoms with van der Waals surface area (Å²) in [4.78, 5) is 12.4. The minimum absolute atomic E-state index is 0.00312. The molecule has 6 nitrogen and oxygen atoms in total. The van der Waals surface area contributed by atoms with Crippen LogP contribution in [0, 0.1) is 0 Å². The molecule has 2 aromatic rings. The van der Waals surface area contributed by atoms with Gasteiger partial charge in [0.25, 0.3) is 5.91 Å². The van der Waals surface area contributed by atoms with Crippen molar-refractivity contribution in [2.45, 2.75) is 6.92 Å². The Balaban J connectivity index is 2.06. The van der Waals surface area contributed by atoms with Crippen molar-refractivity contribution in [3.05, 3.63) is 40.6 Å². The van der Waals surface area contributed by atoms with Crippen LogP contribution in [0.1, 0.15) is 16.6 Å². The predicted octanol–water partition coefficient (Wildman–Crippen LogP) is 2.34. The largest absolute Gasteiger partial charge is 0.397 e. The van der Waals surface area contributed by atoms with Gasteiger partial charge in [-0.05, 0) is 42.6 Å². The lowest BCUT2D eigenvalue weighted by Gasteiger charge is -2.08. The number of amides is 1. The molecule has 0 fully saturated rings. The molecule has 0 atom stereocenters. The van der Waals surface area contributed by atoms with E-state index in [4.69, 9.17) is 5.73 Å². The number of sulfonamides is 1. The number of anilines is 3. The van der Waals surface area contributed by atoms with Crippen molar-refractivity contribution in [1.82, 2.24) is 0 Å². The van der Waals surface area contributed by atoms with E-state index in [-0.39, 0.29) is 11.7 Å². The van der Waals surface area contributed by atoms with Gasteiger partial charge in [-0.25, -0.2) is 8.42 Å². The quantitative estimate of drug-likeness (QED) is 0.785. The zero-order valence-corrected chi connectivity index (χ0v) is 12.9. The average Bonchev–Trinajstić information content (AvgIpc) is 2.87. The fourth-order valence-corrected chi connectivity index (χ4v) is 2.92. The van der Waals surface area contributed by atoms with Crippen molar-refractivity contribution in [3.63, 3.8) is 0 Å². The number of rotatable bonds is 5. The number of nitrogens with two attached hydrogens (primary N) is 1. The molecule has 112 valence electrons. The molecule has 0 spiro atoms. The van der Waals surface area contributed by atoms with Crippen LogP contribution in [-0.4, -0.2) is 20.1 Å². The number of nitrogens with one attached hydrogen (secondary N) is 2. The molecule has 0 aliphatic carbocycles. The molecule has 0 unspecified atom stereocenters. The molecular formula is C13H15N3O3S2. The van der Waals surface area contributed by atoms with Crippen LogP contribution < -0.4 is 15.8 Å². The highest BCUT2D eigenvalue weighted by atomic mass is 32.2. The van der Waals surface area contributed by atoms with E-state index in [0.717, 1.165) is 0 Å². The maximum absolute atomic E-state index is 12.0. The molecule has 2 rings (SSSR count). The summed E-state index contributed by atoms with van der Waals surface area (Å²) in [7, 11) is -3.30. The van der Waals surface area contributed by atoms with Crippen molar-refractivity contribution in [2.75, 3.05) is 21.5 Å².